The van der Waals surface area contributed by atoms with Crippen molar-refractivity contribution in [3.8, 4) is 11.5 Å². The predicted molar refractivity (Wildman–Crippen MR) is 144 cm³/mol. The van der Waals surface area contributed by atoms with E-state index in [1.165, 1.54) is 12.0 Å². The third kappa shape index (κ3) is 5.78. The first kappa shape index (κ1) is 29.4. The highest BCUT2D eigenvalue weighted by Gasteiger charge is 2.36. The highest BCUT2D eigenvalue weighted by molar-refractivity contribution is 7.86. The smallest absolute Gasteiger partial charge is 0.273 e. The Bertz CT molecular complexity index is 1260. The molecule has 40 heavy (non-hydrogen) atoms. The van der Waals surface area contributed by atoms with Gasteiger partial charge in [0, 0.05) is 0 Å². The van der Waals surface area contributed by atoms with Gasteiger partial charge in [-0.1, -0.05) is 69.9 Å². The van der Waals surface area contributed by atoms with Crippen LogP contribution in [0.25, 0.3) is 0 Å². The van der Waals surface area contributed by atoms with Crippen LogP contribution in [0.2, 0.25) is 0 Å². The molecule has 2 aromatic carbocycles. The molecule has 3 aliphatic rings. The van der Waals surface area contributed by atoms with Gasteiger partial charge in [0.1, 0.15) is 5.75 Å². The monoisotopic (exact) mass is 581 g/mol. The summed E-state index contributed by atoms with van der Waals surface area (Å²) < 4.78 is 94.4. The second-order valence-electron chi connectivity index (χ2n) is 11.6. The van der Waals surface area contributed by atoms with E-state index < -0.39 is 44.0 Å². The summed E-state index contributed by atoms with van der Waals surface area (Å²) in [4.78, 5) is -1.86. The van der Waals surface area contributed by atoms with Crippen LogP contribution in [0, 0.1) is 30.4 Å². The van der Waals surface area contributed by atoms with Crippen molar-refractivity contribution in [1.82, 2.24) is 0 Å². The van der Waals surface area contributed by atoms with Gasteiger partial charge in [-0.25, -0.2) is 15.9 Å². The summed E-state index contributed by atoms with van der Waals surface area (Å²) >= 11 is 0. The molecule has 9 heteroatoms. The first-order valence-corrected chi connectivity index (χ1v) is 16.0. The summed E-state index contributed by atoms with van der Waals surface area (Å²) in [6.45, 7) is 0. The quantitative estimate of drug-likeness (QED) is 0.141. The molecule has 0 bridgehead atoms. The topological polar surface area (TPSA) is 52.6 Å². The van der Waals surface area contributed by atoms with E-state index in [4.69, 9.17) is 4.74 Å². The van der Waals surface area contributed by atoms with E-state index in [2.05, 4.69) is 23.4 Å². The lowest BCUT2D eigenvalue weighted by atomic mass is 9.75. The molecule has 4 nitrogen and oxygen atoms in total. The van der Waals surface area contributed by atoms with Gasteiger partial charge < -0.3 is 8.92 Å². The number of ether oxygens (including phenoxy) is 1. The average molecular weight is 582 g/mol. The van der Waals surface area contributed by atoms with Crippen LogP contribution in [-0.4, -0.2) is 8.42 Å². The van der Waals surface area contributed by atoms with Crippen LogP contribution in [0.5, 0.6) is 11.5 Å². The molecule has 3 fully saturated rings. The van der Waals surface area contributed by atoms with E-state index in [1.54, 1.807) is 0 Å². The zero-order chi connectivity index (χ0) is 28.4. The summed E-state index contributed by atoms with van der Waals surface area (Å²) in [5.74, 6) is -8.49. The van der Waals surface area contributed by atoms with Gasteiger partial charge in [0.15, 0.2) is 16.5 Å². The highest BCUT2D eigenvalue weighted by Crippen LogP contribution is 2.49. The molecule has 220 valence electrons. The van der Waals surface area contributed by atoms with E-state index >= 15 is 8.78 Å². The number of hydrogen-bond acceptors (Lipinski definition) is 4. The first-order valence-electron chi connectivity index (χ1n) is 14.6. The molecule has 0 N–H and O–H groups in total. The largest absolute Gasteiger partial charge is 0.450 e. The molecule has 0 unspecified atom stereocenters. The van der Waals surface area contributed by atoms with Crippen molar-refractivity contribution >= 4 is 10.1 Å². The Kier molecular flexibility index (Phi) is 9.10. The zero-order valence-electron chi connectivity index (χ0n) is 22.8. The Hall–Kier alpha value is -2.13. The van der Waals surface area contributed by atoms with Crippen LogP contribution in [0.4, 0.5) is 17.6 Å². The van der Waals surface area contributed by atoms with Crippen molar-refractivity contribution in [2.45, 2.75) is 119 Å². The maximum Gasteiger partial charge on any atom is 0.273 e. The molecule has 0 radical (unpaired) electrons. The number of halogens is 4. The third-order valence-electron chi connectivity index (χ3n) is 9.13. The molecule has 2 aromatic rings. The van der Waals surface area contributed by atoms with E-state index in [-0.39, 0.29) is 17.6 Å². The van der Waals surface area contributed by atoms with E-state index in [0.29, 0.717) is 5.92 Å². The molecule has 0 aromatic heterocycles. The average Bonchev–Trinajstić information content (AvgIpc) is 2.99. The van der Waals surface area contributed by atoms with Crippen LogP contribution in [0.15, 0.2) is 17.0 Å². The zero-order valence-corrected chi connectivity index (χ0v) is 23.6. The fourth-order valence-corrected chi connectivity index (χ4v) is 7.72. The van der Waals surface area contributed by atoms with Crippen molar-refractivity contribution in [2.75, 3.05) is 0 Å². The summed E-state index contributed by atoms with van der Waals surface area (Å²) in [5.41, 5.74) is 2.88. The fourth-order valence-electron chi connectivity index (χ4n) is 6.98. The summed E-state index contributed by atoms with van der Waals surface area (Å²) in [6.07, 6.45) is 15.5. The molecular formula is C31H37F4O4S-. The minimum Gasteiger partial charge on any atom is -0.450 e. The maximum atomic E-state index is 15.3. The molecule has 5 rings (SSSR count). The third-order valence-corrected chi connectivity index (χ3v) is 10.3. The van der Waals surface area contributed by atoms with E-state index in [9.17, 15) is 17.2 Å². The minimum atomic E-state index is -5.16. The van der Waals surface area contributed by atoms with Gasteiger partial charge >= 0.3 is 0 Å². The van der Waals surface area contributed by atoms with Crippen LogP contribution in [-0.2, 0) is 14.3 Å². The fraction of sp³-hybridized carbons (Fsp3) is 0.581. The van der Waals surface area contributed by atoms with Gasteiger partial charge in [0.05, 0.1) is 0 Å². The molecule has 0 amide bonds. The van der Waals surface area contributed by atoms with Crippen molar-refractivity contribution < 1.29 is 34.9 Å². The SMILES string of the molecule is [CH2-]OS(=O)(=O)c1c(F)c(F)c(Oc2c(C3CCCCC3)cc(C3CCCCC3)cc2C2CCCCC2)c(F)c1F. The van der Waals surface area contributed by atoms with E-state index in [0.717, 1.165) is 101 Å². The molecule has 0 saturated heterocycles. The molecule has 0 aliphatic heterocycles. The van der Waals surface area contributed by atoms with Crippen LogP contribution in [0.1, 0.15) is 131 Å². The highest BCUT2D eigenvalue weighted by atomic mass is 32.2. The van der Waals surface area contributed by atoms with Gasteiger partial charge in [-0.3, -0.25) is 0 Å². The van der Waals surface area contributed by atoms with Crippen molar-refractivity contribution in [3.05, 3.63) is 59.2 Å². The summed E-state index contributed by atoms with van der Waals surface area (Å²) in [6, 6.07) is 4.21. The Balaban J connectivity index is 1.69. The van der Waals surface area contributed by atoms with Crippen LogP contribution in [0.3, 0.4) is 0 Å². The Morgan fingerprint density at radius 2 is 1.00 bits per heavy atom. The molecule has 0 heterocycles. The van der Waals surface area contributed by atoms with Crippen molar-refractivity contribution in [2.24, 2.45) is 0 Å². The minimum absolute atomic E-state index is 0.0923. The second kappa shape index (κ2) is 12.4. The molecule has 0 atom stereocenters. The van der Waals surface area contributed by atoms with Crippen molar-refractivity contribution in [1.29, 1.82) is 0 Å². The van der Waals surface area contributed by atoms with Gasteiger partial charge in [-0.15, -0.1) is 0 Å². The maximum absolute atomic E-state index is 15.3. The lowest BCUT2D eigenvalue weighted by Gasteiger charge is -2.32. The lowest BCUT2D eigenvalue weighted by Crippen LogP contribution is -2.16. The lowest BCUT2D eigenvalue weighted by molar-refractivity contribution is 0.333. The number of rotatable bonds is 7. The Morgan fingerprint density at radius 1 is 0.600 bits per heavy atom. The molecule has 3 saturated carbocycles. The normalized spacial score (nSPS) is 20.1. The van der Waals surface area contributed by atoms with Gasteiger partial charge in [0.2, 0.25) is 17.4 Å². The first-order chi connectivity index (χ1) is 19.2. The molecular weight excluding hydrogens is 544 g/mol. The van der Waals surface area contributed by atoms with Gasteiger partial charge in [0.25, 0.3) is 10.1 Å². The Morgan fingerprint density at radius 3 is 1.40 bits per heavy atom. The Labute approximate surface area is 234 Å². The summed E-state index contributed by atoms with van der Waals surface area (Å²) in [5, 5.41) is 0. The number of benzene rings is 2. The molecule has 0 spiro atoms. The van der Waals surface area contributed by atoms with Crippen LogP contribution >= 0.6 is 0 Å². The number of hydrogen-bond donors (Lipinski definition) is 0. The second-order valence-corrected chi connectivity index (χ2v) is 13.2. The summed E-state index contributed by atoms with van der Waals surface area (Å²) in [7, 11) is -2.52. The van der Waals surface area contributed by atoms with Gasteiger partial charge in [-0.05, 0) is 73.0 Å². The predicted octanol–water partition coefficient (Wildman–Crippen LogP) is 9.68. The van der Waals surface area contributed by atoms with Gasteiger partial charge in [-0.2, -0.15) is 17.2 Å². The van der Waals surface area contributed by atoms with E-state index in [1.807, 2.05) is 0 Å². The standard InChI is InChI=1S/C31H37F4O4S/c1-38-40(36,37)31-27(34)25(32)30(26(33)28(31)35)39-29-23(20-13-7-3-8-14-20)17-22(19-11-5-2-6-12-19)18-24(29)21-15-9-4-10-16-21/h17-21H,1-16H2/q-1. The van der Waals surface area contributed by atoms with Crippen molar-refractivity contribution in [3.63, 3.8) is 0 Å². The van der Waals surface area contributed by atoms with Crippen LogP contribution < -0.4 is 4.74 Å². The molecule has 3 aliphatic carbocycles.